The van der Waals surface area contributed by atoms with Crippen molar-refractivity contribution >= 4 is 50.2 Å². The van der Waals surface area contributed by atoms with Gasteiger partial charge in [0.05, 0.1) is 5.54 Å². The molecule has 25 heavy (non-hydrogen) atoms. The van der Waals surface area contributed by atoms with Crippen LogP contribution in [0.1, 0.15) is 34.8 Å². The molecule has 130 valence electrons. The highest BCUT2D eigenvalue weighted by atomic mass is 79.9. The van der Waals surface area contributed by atoms with Crippen LogP contribution in [0.4, 0.5) is 0 Å². The smallest absolute Gasteiger partial charge is 0.167 e. The first-order valence-electron chi connectivity index (χ1n) is 7.92. The maximum absolute atomic E-state index is 12.5. The zero-order valence-electron chi connectivity index (χ0n) is 13.8. The van der Waals surface area contributed by atoms with E-state index in [4.69, 9.17) is 17.3 Å². The fraction of sp³-hybridized carbons (Fsp3) is 0.263. The van der Waals surface area contributed by atoms with Gasteiger partial charge in [0.15, 0.2) is 11.0 Å². The number of hydrogen-bond acceptors (Lipinski definition) is 4. The minimum Gasteiger partial charge on any atom is -0.379 e. The van der Waals surface area contributed by atoms with E-state index in [2.05, 4.69) is 40.0 Å². The van der Waals surface area contributed by atoms with Crippen molar-refractivity contribution < 1.29 is 4.79 Å². The van der Waals surface area contributed by atoms with E-state index < -0.39 is 0 Å². The third kappa shape index (κ3) is 4.46. The van der Waals surface area contributed by atoms with Crippen molar-refractivity contribution in [3.05, 3.63) is 68.7 Å². The predicted molar refractivity (Wildman–Crippen MR) is 110 cm³/mol. The van der Waals surface area contributed by atoms with E-state index in [0.717, 1.165) is 27.8 Å². The highest BCUT2D eigenvalue weighted by Crippen LogP contribution is 2.36. The molecular formula is C19H18BrClN2OS. The van der Waals surface area contributed by atoms with E-state index in [1.54, 1.807) is 36.0 Å². The van der Waals surface area contributed by atoms with Crippen molar-refractivity contribution in [2.24, 2.45) is 10.7 Å². The van der Waals surface area contributed by atoms with E-state index in [1.807, 2.05) is 6.07 Å². The van der Waals surface area contributed by atoms with Crippen molar-refractivity contribution in [3.8, 4) is 0 Å². The Balaban J connectivity index is 1.88. The van der Waals surface area contributed by atoms with Crippen LogP contribution in [0, 0.1) is 0 Å². The highest BCUT2D eigenvalue weighted by Gasteiger charge is 2.30. The molecule has 2 aromatic rings. The third-order valence-corrected chi connectivity index (χ3v) is 5.81. The molecule has 0 fully saturated rings. The van der Waals surface area contributed by atoms with Gasteiger partial charge in [0, 0.05) is 27.2 Å². The molecule has 3 rings (SSSR count). The molecule has 0 aliphatic carbocycles. The summed E-state index contributed by atoms with van der Waals surface area (Å²) in [5, 5.41) is 1.24. The van der Waals surface area contributed by atoms with Gasteiger partial charge in [-0.15, -0.1) is 0 Å². The summed E-state index contributed by atoms with van der Waals surface area (Å²) in [4.78, 5) is 17.2. The third-order valence-electron chi connectivity index (χ3n) is 4.31. The van der Waals surface area contributed by atoms with Gasteiger partial charge in [-0.05, 0) is 60.9 Å². The van der Waals surface area contributed by atoms with Crippen LogP contribution >= 0.6 is 39.3 Å². The molecule has 0 amide bonds. The van der Waals surface area contributed by atoms with E-state index in [9.17, 15) is 4.79 Å². The van der Waals surface area contributed by atoms with Crippen LogP contribution in [-0.2, 0) is 12.0 Å². The molecule has 0 saturated carbocycles. The van der Waals surface area contributed by atoms with E-state index in [-0.39, 0.29) is 11.3 Å². The van der Waals surface area contributed by atoms with Crippen molar-refractivity contribution in [2.45, 2.75) is 25.3 Å². The number of hydrogen-bond donors (Lipinski definition) is 1. The summed E-state index contributed by atoms with van der Waals surface area (Å²) in [5.74, 6) is 1.00. The Bertz CT molecular complexity index is 838. The lowest BCUT2D eigenvalue weighted by atomic mass is 9.88. The van der Waals surface area contributed by atoms with E-state index >= 15 is 0 Å². The number of carbonyl (C=O) groups excluding carboxylic acids is 1. The number of ketones is 1. The molecule has 0 spiro atoms. The van der Waals surface area contributed by atoms with Crippen LogP contribution in [0.2, 0.25) is 5.02 Å². The van der Waals surface area contributed by atoms with Gasteiger partial charge < -0.3 is 5.73 Å². The Morgan fingerprint density at radius 2 is 2.04 bits per heavy atom. The van der Waals surface area contributed by atoms with Crippen molar-refractivity contribution in [1.82, 2.24) is 0 Å². The number of thioether (sulfide) groups is 1. The summed E-state index contributed by atoms with van der Waals surface area (Å²) in [6.45, 7) is 2.09. The first kappa shape index (κ1) is 18.5. The number of aliphatic imine (C=N–C) groups is 1. The second-order valence-corrected chi connectivity index (χ2v) is 8.74. The maximum Gasteiger partial charge on any atom is 0.167 e. The van der Waals surface area contributed by atoms with E-state index in [0.29, 0.717) is 22.2 Å². The molecule has 2 N–H and O–H groups in total. The average molecular weight is 438 g/mol. The Morgan fingerprint density at radius 3 is 2.72 bits per heavy atom. The van der Waals surface area contributed by atoms with Gasteiger partial charge >= 0.3 is 0 Å². The lowest BCUT2D eigenvalue weighted by Crippen LogP contribution is -2.29. The predicted octanol–water partition coefficient (Wildman–Crippen LogP) is 5.19. The van der Waals surface area contributed by atoms with Gasteiger partial charge in [0.2, 0.25) is 0 Å². The van der Waals surface area contributed by atoms with Crippen LogP contribution in [0.3, 0.4) is 0 Å². The van der Waals surface area contributed by atoms with Crippen LogP contribution in [0.25, 0.3) is 0 Å². The molecule has 6 heteroatoms. The first-order chi connectivity index (χ1) is 11.9. The number of amidine groups is 1. The van der Waals surface area contributed by atoms with Crippen LogP contribution < -0.4 is 5.73 Å². The Labute approximate surface area is 165 Å². The van der Waals surface area contributed by atoms with Gasteiger partial charge in [-0.1, -0.05) is 45.4 Å². The molecule has 0 bridgehead atoms. The number of halogens is 2. The van der Waals surface area contributed by atoms with Crippen LogP contribution in [0.15, 0.2) is 51.9 Å². The largest absolute Gasteiger partial charge is 0.379 e. The molecule has 3 nitrogen and oxygen atoms in total. The first-order valence-corrected chi connectivity index (χ1v) is 10.1. The zero-order valence-corrected chi connectivity index (χ0v) is 16.9. The quantitative estimate of drug-likeness (QED) is 0.669. The number of rotatable bonds is 4. The van der Waals surface area contributed by atoms with Crippen LogP contribution in [0.5, 0.6) is 0 Å². The van der Waals surface area contributed by atoms with Gasteiger partial charge in [0.25, 0.3) is 0 Å². The number of Topliss-reactive ketones (excluding diaryl/α,β-unsaturated/α-hetero) is 1. The number of nitrogens with two attached hydrogens (primary N) is 1. The van der Waals surface area contributed by atoms with Gasteiger partial charge in [0.1, 0.15) is 0 Å². The second kappa shape index (κ2) is 7.52. The molecule has 1 unspecified atom stereocenters. The van der Waals surface area contributed by atoms with Crippen LogP contribution in [-0.4, -0.2) is 16.7 Å². The summed E-state index contributed by atoms with van der Waals surface area (Å²) < 4.78 is 0.942. The monoisotopic (exact) mass is 436 g/mol. The van der Waals surface area contributed by atoms with E-state index in [1.165, 1.54) is 0 Å². The lowest BCUT2D eigenvalue weighted by Gasteiger charge is -2.30. The molecule has 1 heterocycles. The normalized spacial score (nSPS) is 20.2. The Morgan fingerprint density at radius 1 is 1.32 bits per heavy atom. The molecular weight excluding hydrogens is 420 g/mol. The SMILES string of the molecule is CC1(c2cc(Br)cc(CC(=O)c3ccc(Cl)cc3)c2)CCSC(N)=N1. The average Bonchev–Trinajstić information content (AvgIpc) is 2.54. The highest BCUT2D eigenvalue weighted by molar-refractivity contribution is 9.10. The summed E-state index contributed by atoms with van der Waals surface area (Å²) in [6, 6.07) is 13.1. The summed E-state index contributed by atoms with van der Waals surface area (Å²) in [6.07, 6.45) is 1.25. The molecule has 0 saturated heterocycles. The number of benzene rings is 2. The fourth-order valence-electron chi connectivity index (χ4n) is 2.88. The van der Waals surface area contributed by atoms with Crippen molar-refractivity contribution in [2.75, 3.05) is 5.75 Å². The zero-order chi connectivity index (χ0) is 18.0. The topological polar surface area (TPSA) is 55.5 Å². The van der Waals surface area contributed by atoms with Crippen molar-refractivity contribution in [1.29, 1.82) is 0 Å². The maximum atomic E-state index is 12.5. The second-order valence-electron chi connectivity index (χ2n) is 6.28. The summed E-state index contributed by atoms with van der Waals surface area (Å²) in [5.41, 5.74) is 8.27. The van der Waals surface area contributed by atoms with Gasteiger partial charge in [-0.3, -0.25) is 9.79 Å². The molecule has 1 atom stereocenters. The van der Waals surface area contributed by atoms with Crippen molar-refractivity contribution in [3.63, 3.8) is 0 Å². The molecule has 1 aliphatic heterocycles. The number of nitrogens with zero attached hydrogens (tertiary/aromatic N) is 1. The summed E-state index contributed by atoms with van der Waals surface area (Å²) in [7, 11) is 0. The minimum absolute atomic E-state index is 0.0630. The number of carbonyl (C=O) groups is 1. The lowest BCUT2D eigenvalue weighted by molar-refractivity contribution is 0.0993. The molecule has 0 aromatic heterocycles. The van der Waals surface area contributed by atoms with Gasteiger partial charge in [-0.2, -0.15) is 0 Å². The molecule has 0 radical (unpaired) electrons. The Kier molecular flexibility index (Phi) is 5.56. The minimum atomic E-state index is -0.350. The molecule has 2 aromatic carbocycles. The van der Waals surface area contributed by atoms with Gasteiger partial charge in [-0.25, -0.2) is 0 Å². The Hall–Kier alpha value is -1.30. The fourth-order valence-corrected chi connectivity index (χ4v) is 4.52. The standard InChI is InChI=1S/C19H18BrClN2OS/c1-19(6-7-25-18(22)23-19)14-8-12(9-15(20)11-14)10-17(24)13-2-4-16(21)5-3-13/h2-5,8-9,11H,6-7,10H2,1H3,(H2,22,23). The molecule has 1 aliphatic rings. The summed E-state index contributed by atoms with van der Waals surface area (Å²) >= 11 is 11.0.